The standard InChI is InChI=1S/C29H38N2O2S/c1-2-12-34(32,33)20-22-16-30(17-22)26-10-8-23-9-11-29(31-18-24-14-25(24)19-31)28(27(23)15-26)13-21-6-4-3-5-7-21/h3-8,10,15,22,24-25,28-29H,2,9,11-14,16-20H2,1H3/t24?,25?,28-,29+/m1/s1. The van der Waals surface area contributed by atoms with E-state index in [9.17, 15) is 8.42 Å². The van der Waals surface area contributed by atoms with E-state index in [2.05, 4.69) is 58.3 Å². The second kappa shape index (κ2) is 8.98. The van der Waals surface area contributed by atoms with Gasteiger partial charge in [0.05, 0.1) is 5.75 Å². The fourth-order valence-electron chi connectivity index (χ4n) is 6.96. The van der Waals surface area contributed by atoms with Crippen LogP contribution < -0.4 is 4.90 Å². The molecule has 4 aliphatic rings. The first kappa shape index (κ1) is 22.6. The van der Waals surface area contributed by atoms with Crippen LogP contribution in [0.4, 0.5) is 5.69 Å². The third-order valence-electron chi connectivity index (χ3n) is 8.80. The summed E-state index contributed by atoms with van der Waals surface area (Å²) in [6.07, 6.45) is 5.72. The van der Waals surface area contributed by atoms with E-state index in [1.807, 2.05) is 6.92 Å². The molecule has 0 N–H and O–H groups in total. The summed E-state index contributed by atoms with van der Waals surface area (Å²) in [6, 6.07) is 18.8. The van der Waals surface area contributed by atoms with Crippen LogP contribution in [0, 0.1) is 17.8 Å². The number of sulfone groups is 1. The maximum Gasteiger partial charge on any atom is 0.150 e. The van der Waals surface area contributed by atoms with E-state index in [-0.39, 0.29) is 5.92 Å². The van der Waals surface area contributed by atoms with Crippen molar-refractivity contribution in [1.29, 1.82) is 0 Å². The summed E-state index contributed by atoms with van der Waals surface area (Å²) in [4.78, 5) is 5.21. The van der Waals surface area contributed by atoms with E-state index in [0.717, 1.165) is 31.3 Å². The van der Waals surface area contributed by atoms with Crippen molar-refractivity contribution in [2.24, 2.45) is 17.8 Å². The van der Waals surface area contributed by atoms with Crippen molar-refractivity contribution >= 4 is 15.5 Å². The van der Waals surface area contributed by atoms with Gasteiger partial charge in [0.1, 0.15) is 0 Å². The highest BCUT2D eigenvalue weighted by molar-refractivity contribution is 7.91. The molecule has 4 atom stereocenters. The highest BCUT2D eigenvalue weighted by Gasteiger charge is 2.48. The molecule has 2 aromatic rings. The summed E-state index contributed by atoms with van der Waals surface area (Å²) in [6.45, 7) is 6.28. The molecule has 0 amide bonds. The van der Waals surface area contributed by atoms with Crippen LogP contribution in [-0.4, -0.2) is 57.0 Å². The van der Waals surface area contributed by atoms with Crippen LogP contribution in [0.1, 0.15) is 48.8 Å². The molecule has 2 aliphatic heterocycles. The average Bonchev–Trinajstić information content (AvgIpc) is 3.41. The topological polar surface area (TPSA) is 40.6 Å². The summed E-state index contributed by atoms with van der Waals surface area (Å²) in [7, 11) is -2.91. The van der Waals surface area contributed by atoms with Crippen LogP contribution in [0.15, 0.2) is 48.5 Å². The molecule has 2 heterocycles. The predicted molar refractivity (Wildman–Crippen MR) is 139 cm³/mol. The van der Waals surface area contributed by atoms with Gasteiger partial charge >= 0.3 is 0 Å². The number of aryl methyl sites for hydroxylation is 1. The van der Waals surface area contributed by atoms with Crippen molar-refractivity contribution in [3.05, 3.63) is 65.2 Å². The lowest BCUT2D eigenvalue weighted by molar-refractivity contribution is 0.171. The van der Waals surface area contributed by atoms with Gasteiger partial charge in [0.2, 0.25) is 0 Å². The largest absolute Gasteiger partial charge is 0.371 e. The highest BCUT2D eigenvalue weighted by atomic mass is 32.2. The number of rotatable bonds is 8. The molecule has 34 heavy (non-hydrogen) atoms. The normalized spacial score (nSPS) is 28.9. The molecule has 2 aliphatic carbocycles. The number of hydrogen-bond donors (Lipinski definition) is 0. The summed E-state index contributed by atoms with van der Waals surface area (Å²) >= 11 is 0. The predicted octanol–water partition coefficient (Wildman–Crippen LogP) is 4.54. The van der Waals surface area contributed by atoms with Crippen LogP contribution >= 0.6 is 0 Å². The van der Waals surface area contributed by atoms with Crippen LogP contribution in [0.3, 0.4) is 0 Å². The molecule has 3 fully saturated rings. The van der Waals surface area contributed by atoms with Crippen LogP contribution in [0.25, 0.3) is 0 Å². The minimum absolute atomic E-state index is 0.275. The average molecular weight is 479 g/mol. The van der Waals surface area contributed by atoms with Gasteiger partial charge in [-0.15, -0.1) is 0 Å². The Bertz CT molecular complexity index is 1120. The molecule has 2 saturated heterocycles. The maximum atomic E-state index is 12.2. The van der Waals surface area contributed by atoms with Gasteiger partial charge in [-0.05, 0) is 72.8 Å². The number of piperidine rings is 1. The molecule has 1 saturated carbocycles. The van der Waals surface area contributed by atoms with Crippen molar-refractivity contribution in [2.45, 2.75) is 51.0 Å². The van der Waals surface area contributed by atoms with Crippen molar-refractivity contribution < 1.29 is 8.42 Å². The molecule has 0 spiro atoms. The van der Waals surface area contributed by atoms with Crippen molar-refractivity contribution in [3.8, 4) is 0 Å². The molecule has 0 bridgehead atoms. The van der Waals surface area contributed by atoms with E-state index < -0.39 is 9.84 Å². The highest BCUT2D eigenvalue weighted by Crippen LogP contribution is 2.49. The van der Waals surface area contributed by atoms with Gasteiger partial charge in [-0.2, -0.15) is 0 Å². The summed E-state index contributed by atoms with van der Waals surface area (Å²) < 4.78 is 24.5. The Morgan fingerprint density at radius 2 is 1.74 bits per heavy atom. The Morgan fingerprint density at radius 1 is 0.971 bits per heavy atom. The molecule has 2 unspecified atom stereocenters. The smallest absolute Gasteiger partial charge is 0.150 e. The van der Waals surface area contributed by atoms with E-state index in [4.69, 9.17) is 0 Å². The molecule has 5 heteroatoms. The fraction of sp³-hybridized carbons (Fsp3) is 0.586. The first-order valence-electron chi connectivity index (χ1n) is 13.3. The molecular weight excluding hydrogens is 440 g/mol. The minimum Gasteiger partial charge on any atom is -0.371 e. The molecule has 2 aromatic carbocycles. The SMILES string of the molecule is CCCS(=O)(=O)CC1CN(c2ccc3c(c2)[C@@H](Cc2ccccc2)[C@@H](N2CC4CC4C2)CC3)C1. The number of likely N-dealkylation sites (tertiary alicyclic amines) is 1. The van der Waals surface area contributed by atoms with Gasteiger partial charge in [0.15, 0.2) is 9.84 Å². The second-order valence-electron chi connectivity index (χ2n) is 11.4. The third-order valence-corrected chi connectivity index (χ3v) is 10.8. The second-order valence-corrected chi connectivity index (χ2v) is 13.6. The number of benzene rings is 2. The van der Waals surface area contributed by atoms with Gasteiger partial charge in [-0.25, -0.2) is 8.42 Å². The van der Waals surface area contributed by atoms with E-state index in [1.165, 1.54) is 49.2 Å². The molecular formula is C29H38N2O2S. The zero-order chi connectivity index (χ0) is 23.3. The molecule has 0 radical (unpaired) electrons. The first-order valence-corrected chi connectivity index (χ1v) is 15.2. The van der Waals surface area contributed by atoms with E-state index in [0.29, 0.717) is 29.9 Å². The van der Waals surface area contributed by atoms with E-state index >= 15 is 0 Å². The first-order chi connectivity index (χ1) is 16.5. The van der Waals surface area contributed by atoms with Gasteiger partial charge < -0.3 is 4.90 Å². The lowest BCUT2D eigenvalue weighted by Gasteiger charge is -2.43. The maximum absolute atomic E-state index is 12.2. The number of fused-ring (bicyclic) bond motifs is 2. The van der Waals surface area contributed by atoms with Gasteiger partial charge in [0, 0.05) is 55.5 Å². The number of nitrogens with zero attached hydrogens (tertiary/aromatic N) is 2. The summed E-state index contributed by atoms with van der Waals surface area (Å²) in [5.74, 6) is 3.41. The Labute approximate surface area is 205 Å². The van der Waals surface area contributed by atoms with Gasteiger partial charge in [-0.1, -0.05) is 43.3 Å². The Balaban J connectivity index is 1.22. The van der Waals surface area contributed by atoms with Gasteiger partial charge in [-0.3, -0.25) is 4.90 Å². The van der Waals surface area contributed by atoms with Crippen molar-refractivity contribution in [3.63, 3.8) is 0 Å². The summed E-state index contributed by atoms with van der Waals surface area (Å²) in [5, 5.41) is 0. The summed E-state index contributed by atoms with van der Waals surface area (Å²) in [5.41, 5.74) is 5.78. The number of hydrogen-bond acceptors (Lipinski definition) is 4. The number of anilines is 1. The molecule has 6 rings (SSSR count). The fourth-order valence-corrected chi connectivity index (χ4v) is 8.68. The Hall–Kier alpha value is -1.85. The van der Waals surface area contributed by atoms with Gasteiger partial charge in [0.25, 0.3) is 0 Å². The van der Waals surface area contributed by atoms with Crippen molar-refractivity contribution in [1.82, 2.24) is 4.90 Å². The Morgan fingerprint density at radius 3 is 2.47 bits per heavy atom. The van der Waals surface area contributed by atoms with E-state index in [1.54, 1.807) is 5.56 Å². The monoisotopic (exact) mass is 478 g/mol. The van der Waals surface area contributed by atoms with Crippen LogP contribution in [0.2, 0.25) is 0 Å². The quantitative estimate of drug-likeness (QED) is 0.559. The molecule has 0 aromatic heterocycles. The Kier molecular flexibility index (Phi) is 5.97. The van der Waals surface area contributed by atoms with Crippen LogP contribution in [-0.2, 0) is 22.7 Å². The van der Waals surface area contributed by atoms with Crippen LogP contribution in [0.5, 0.6) is 0 Å². The minimum atomic E-state index is -2.91. The lowest BCUT2D eigenvalue weighted by Crippen LogP contribution is -2.50. The molecule has 182 valence electrons. The zero-order valence-electron chi connectivity index (χ0n) is 20.4. The van der Waals surface area contributed by atoms with Crippen molar-refractivity contribution in [2.75, 3.05) is 42.6 Å². The zero-order valence-corrected chi connectivity index (χ0v) is 21.2. The lowest BCUT2D eigenvalue weighted by atomic mass is 9.75. The molecule has 4 nitrogen and oxygen atoms in total. The third kappa shape index (κ3) is 4.54.